The van der Waals surface area contributed by atoms with Crippen LogP contribution in [0.1, 0.15) is 5.56 Å². The molecule has 1 amide bonds. The first-order valence-electron chi connectivity index (χ1n) is 6.17. The van der Waals surface area contributed by atoms with E-state index >= 15 is 0 Å². The van der Waals surface area contributed by atoms with Crippen LogP contribution in [0.25, 0.3) is 0 Å². The molecule has 3 rings (SSSR count). The largest absolute Gasteiger partial charge is 0.508 e. The summed E-state index contributed by atoms with van der Waals surface area (Å²) in [5, 5.41) is 11.5. The maximum atomic E-state index is 13.6. The molecular weight excluding hydrogens is 277 g/mol. The average molecular weight is 289 g/mol. The Balaban J connectivity index is 1.72. The van der Waals surface area contributed by atoms with E-state index < -0.39 is 5.82 Å². The van der Waals surface area contributed by atoms with E-state index in [0.717, 1.165) is 16.5 Å². The normalized spacial score (nSPS) is 16.8. The number of phenolic OH excluding ortho intramolecular Hbond substituents is 1. The predicted octanol–water partition coefficient (Wildman–Crippen LogP) is 3.19. The number of anilines is 1. The molecule has 2 aromatic rings. The van der Waals surface area contributed by atoms with E-state index in [1.165, 1.54) is 23.9 Å². The molecule has 0 aliphatic carbocycles. The molecular formula is C15H12FNO2S. The van der Waals surface area contributed by atoms with Crippen LogP contribution >= 0.6 is 11.8 Å². The van der Waals surface area contributed by atoms with Crippen LogP contribution in [0.2, 0.25) is 0 Å². The number of thioether (sulfide) groups is 1. The van der Waals surface area contributed by atoms with E-state index in [1.54, 1.807) is 0 Å². The number of fused-ring (bicyclic) bond motifs is 1. The van der Waals surface area contributed by atoms with E-state index in [4.69, 9.17) is 5.11 Å². The molecule has 1 heterocycles. The first kappa shape index (κ1) is 13.0. The molecule has 20 heavy (non-hydrogen) atoms. The molecule has 0 bridgehead atoms. The molecule has 5 heteroatoms. The molecule has 2 aromatic carbocycles. The fourth-order valence-electron chi connectivity index (χ4n) is 2.15. The summed E-state index contributed by atoms with van der Waals surface area (Å²) in [5.74, 6) is -1.03. The molecule has 0 radical (unpaired) electrons. The Morgan fingerprint density at radius 3 is 2.85 bits per heavy atom. The number of carbonyl (C=O) groups is 1. The van der Waals surface area contributed by atoms with Crippen LogP contribution in [0.5, 0.6) is 5.75 Å². The summed E-state index contributed by atoms with van der Waals surface area (Å²) in [4.78, 5) is 13.3. The highest BCUT2D eigenvalue weighted by Crippen LogP contribution is 2.37. The van der Waals surface area contributed by atoms with Crippen molar-refractivity contribution in [2.45, 2.75) is 16.6 Å². The van der Waals surface area contributed by atoms with Crippen molar-refractivity contribution >= 4 is 23.4 Å². The van der Waals surface area contributed by atoms with Crippen molar-refractivity contribution < 1.29 is 14.3 Å². The van der Waals surface area contributed by atoms with Gasteiger partial charge >= 0.3 is 0 Å². The predicted molar refractivity (Wildman–Crippen MR) is 76.5 cm³/mol. The second-order valence-corrected chi connectivity index (χ2v) is 5.82. The van der Waals surface area contributed by atoms with E-state index in [-0.39, 0.29) is 22.6 Å². The minimum Gasteiger partial charge on any atom is -0.508 e. The highest BCUT2D eigenvalue weighted by Gasteiger charge is 2.28. The summed E-state index contributed by atoms with van der Waals surface area (Å²) >= 11 is 1.49. The molecule has 0 fully saturated rings. The maximum Gasteiger partial charge on any atom is 0.238 e. The Hall–Kier alpha value is -2.01. The van der Waals surface area contributed by atoms with Crippen LogP contribution < -0.4 is 5.32 Å². The number of phenols is 1. The van der Waals surface area contributed by atoms with E-state index in [9.17, 15) is 9.18 Å². The summed E-state index contributed by atoms with van der Waals surface area (Å²) in [5.41, 5.74) is 1.23. The number of hydrogen-bond donors (Lipinski definition) is 2. The lowest BCUT2D eigenvalue weighted by molar-refractivity contribution is -0.115. The highest BCUT2D eigenvalue weighted by atomic mass is 32.2. The second-order valence-electron chi connectivity index (χ2n) is 4.57. The van der Waals surface area contributed by atoms with Gasteiger partial charge in [0.2, 0.25) is 5.91 Å². The Morgan fingerprint density at radius 2 is 2.10 bits per heavy atom. The van der Waals surface area contributed by atoms with Crippen LogP contribution in [-0.4, -0.2) is 16.3 Å². The lowest BCUT2D eigenvalue weighted by atomic mass is 10.1. The first-order chi connectivity index (χ1) is 9.63. The molecule has 102 valence electrons. The van der Waals surface area contributed by atoms with Gasteiger partial charge in [-0.25, -0.2) is 4.39 Å². The lowest BCUT2D eigenvalue weighted by Crippen LogP contribution is -2.25. The summed E-state index contributed by atoms with van der Waals surface area (Å²) in [6, 6.07) is 11.5. The molecule has 1 aliphatic heterocycles. The molecule has 0 saturated carbocycles. The Morgan fingerprint density at radius 1 is 1.30 bits per heavy atom. The van der Waals surface area contributed by atoms with Crippen LogP contribution in [0.15, 0.2) is 47.4 Å². The average Bonchev–Trinajstić information content (AvgIpc) is 2.86. The Labute approximate surface area is 119 Å². The van der Waals surface area contributed by atoms with Crippen LogP contribution in [0.3, 0.4) is 0 Å². The smallest absolute Gasteiger partial charge is 0.238 e. The fraction of sp³-hybridized carbons (Fsp3) is 0.133. The molecule has 1 atom stereocenters. The molecule has 1 aliphatic rings. The molecule has 1 unspecified atom stereocenters. The number of halogens is 1. The van der Waals surface area contributed by atoms with Gasteiger partial charge in [-0.15, -0.1) is 11.8 Å². The van der Waals surface area contributed by atoms with Crippen molar-refractivity contribution in [2.75, 3.05) is 5.32 Å². The van der Waals surface area contributed by atoms with Crippen molar-refractivity contribution in [1.82, 2.24) is 0 Å². The highest BCUT2D eigenvalue weighted by molar-refractivity contribution is 8.01. The van der Waals surface area contributed by atoms with E-state index in [2.05, 4.69) is 5.32 Å². The summed E-state index contributed by atoms with van der Waals surface area (Å²) in [6.45, 7) is 0. The third-order valence-corrected chi connectivity index (χ3v) is 4.47. The zero-order valence-corrected chi connectivity index (χ0v) is 11.3. The zero-order valence-electron chi connectivity index (χ0n) is 10.5. The standard InChI is InChI=1S/C15H12FNO2S/c16-11-8-10(18)5-6-12(11)17-15(19)14-7-9-3-1-2-4-13(9)20-14/h1-6,8,14,18H,7H2,(H,17,19). The first-order valence-corrected chi connectivity index (χ1v) is 7.05. The van der Waals surface area contributed by atoms with Gasteiger partial charge in [0.25, 0.3) is 0 Å². The lowest BCUT2D eigenvalue weighted by Gasteiger charge is -2.10. The van der Waals surface area contributed by atoms with E-state index in [1.807, 2.05) is 24.3 Å². The zero-order chi connectivity index (χ0) is 14.1. The monoisotopic (exact) mass is 289 g/mol. The maximum absolute atomic E-state index is 13.6. The van der Waals surface area contributed by atoms with Crippen molar-refractivity contribution in [3.63, 3.8) is 0 Å². The van der Waals surface area contributed by atoms with Gasteiger partial charge in [-0.05, 0) is 30.2 Å². The van der Waals surface area contributed by atoms with Gasteiger partial charge in [0, 0.05) is 11.0 Å². The van der Waals surface area contributed by atoms with Crippen molar-refractivity contribution in [2.24, 2.45) is 0 Å². The van der Waals surface area contributed by atoms with Gasteiger partial charge in [-0.2, -0.15) is 0 Å². The molecule has 0 spiro atoms. The number of nitrogens with one attached hydrogen (secondary N) is 1. The van der Waals surface area contributed by atoms with Crippen molar-refractivity contribution in [3.8, 4) is 5.75 Å². The van der Waals surface area contributed by atoms with Crippen molar-refractivity contribution in [3.05, 3.63) is 53.8 Å². The number of benzene rings is 2. The third kappa shape index (κ3) is 2.49. The number of aromatic hydroxyl groups is 1. The number of amides is 1. The Kier molecular flexibility index (Phi) is 3.36. The van der Waals surface area contributed by atoms with Gasteiger partial charge in [-0.1, -0.05) is 18.2 Å². The van der Waals surface area contributed by atoms with Gasteiger partial charge in [0.1, 0.15) is 11.6 Å². The number of rotatable bonds is 2. The fourth-order valence-corrected chi connectivity index (χ4v) is 3.34. The third-order valence-electron chi connectivity index (χ3n) is 3.15. The summed E-state index contributed by atoms with van der Waals surface area (Å²) in [6.07, 6.45) is 0.645. The van der Waals surface area contributed by atoms with E-state index in [0.29, 0.717) is 6.42 Å². The molecule has 3 nitrogen and oxygen atoms in total. The summed E-state index contributed by atoms with van der Waals surface area (Å²) < 4.78 is 13.6. The van der Waals surface area contributed by atoms with Crippen LogP contribution in [0.4, 0.5) is 10.1 Å². The van der Waals surface area contributed by atoms with Crippen molar-refractivity contribution in [1.29, 1.82) is 0 Å². The van der Waals surface area contributed by atoms with Gasteiger partial charge in [0.05, 0.1) is 10.9 Å². The molecule has 0 saturated heterocycles. The molecule has 2 N–H and O–H groups in total. The van der Waals surface area contributed by atoms with Gasteiger partial charge < -0.3 is 10.4 Å². The van der Waals surface area contributed by atoms with Crippen LogP contribution in [-0.2, 0) is 11.2 Å². The number of hydrogen-bond acceptors (Lipinski definition) is 3. The quantitative estimate of drug-likeness (QED) is 0.835. The molecule has 0 aromatic heterocycles. The van der Waals surface area contributed by atoms with Gasteiger partial charge in [-0.3, -0.25) is 4.79 Å². The second kappa shape index (κ2) is 5.17. The Bertz CT molecular complexity index is 650. The minimum atomic E-state index is -0.640. The number of carbonyl (C=O) groups excluding carboxylic acids is 1. The van der Waals surface area contributed by atoms with Crippen LogP contribution in [0, 0.1) is 5.82 Å². The minimum absolute atomic E-state index is 0.0874. The summed E-state index contributed by atoms with van der Waals surface area (Å²) in [7, 11) is 0. The van der Waals surface area contributed by atoms with Gasteiger partial charge in [0.15, 0.2) is 0 Å². The SMILES string of the molecule is O=C(Nc1ccc(O)cc1F)C1Cc2ccccc2S1. The topological polar surface area (TPSA) is 49.3 Å².